The van der Waals surface area contributed by atoms with Crippen LogP contribution < -0.4 is 0 Å². The summed E-state index contributed by atoms with van der Waals surface area (Å²) < 4.78 is 4.69. The molecule has 23 heavy (non-hydrogen) atoms. The monoisotopic (exact) mass is 344 g/mol. The number of hydrogen-bond acceptors (Lipinski definition) is 2. The predicted molar refractivity (Wildman–Crippen MR) is 101 cm³/mol. The maximum absolute atomic E-state index is 10.4. The molecular formula is C20H37ClO2. The molecule has 0 spiro atoms. The molecule has 3 heteroatoms. The molecule has 0 bridgehead atoms. The highest BCUT2D eigenvalue weighted by molar-refractivity contribution is 6.61. The zero-order chi connectivity index (χ0) is 17.0. The molecule has 0 atom stereocenters. The van der Waals surface area contributed by atoms with Gasteiger partial charge in [-0.25, -0.2) is 4.79 Å². The topological polar surface area (TPSA) is 26.3 Å². The third-order valence-electron chi connectivity index (χ3n) is 4.27. The molecule has 0 aromatic carbocycles. The summed E-state index contributed by atoms with van der Waals surface area (Å²) in [7, 11) is 0. The van der Waals surface area contributed by atoms with Crippen LogP contribution in [-0.2, 0) is 4.74 Å². The van der Waals surface area contributed by atoms with E-state index in [-0.39, 0.29) is 0 Å². The van der Waals surface area contributed by atoms with E-state index in [2.05, 4.69) is 11.3 Å². The molecule has 0 saturated heterocycles. The second kappa shape index (κ2) is 19.5. The summed E-state index contributed by atoms with van der Waals surface area (Å²) >= 11 is 5.09. The van der Waals surface area contributed by atoms with Gasteiger partial charge < -0.3 is 4.74 Å². The van der Waals surface area contributed by atoms with Crippen molar-refractivity contribution < 1.29 is 9.53 Å². The molecule has 0 heterocycles. The SMILES string of the molecule is C=CCCCCCCCCCCCCCCCCCOC(=O)Cl. The van der Waals surface area contributed by atoms with Crippen LogP contribution in [0.1, 0.15) is 103 Å². The summed E-state index contributed by atoms with van der Waals surface area (Å²) in [6, 6.07) is 0. The van der Waals surface area contributed by atoms with Gasteiger partial charge in [0.1, 0.15) is 0 Å². The molecule has 0 aliphatic heterocycles. The van der Waals surface area contributed by atoms with Crippen molar-refractivity contribution in [1.29, 1.82) is 0 Å². The number of halogens is 1. The number of hydrogen-bond donors (Lipinski definition) is 0. The standard InChI is InChI=1S/C20H37ClO2/c1-2-3-4-5-6-7-8-9-10-11-12-13-14-15-16-17-18-19-23-20(21)22/h2H,1,3-19H2. The van der Waals surface area contributed by atoms with Crippen molar-refractivity contribution in [2.24, 2.45) is 0 Å². The van der Waals surface area contributed by atoms with E-state index >= 15 is 0 Å². The molecule has 0 amide bonds. The zero-order valence-electron chi connectivity index (χ0n) is 15.0. The van der Waals surface area contributed by atoms with Gasteiger partial charge in [-0.05, 0) is 19.3 Å². The van der Waals surface area contributed by atoms with Crippen molar-refractivity contribution >= 4 is 17.0 Å². The molecular weight excluding hydrogens is 308 g/mol. The van der Waals surface area contributed by atoms with Crippen molar-refractivity contribution in [3.8, 4) is 0 Å². The molecule has 0 aromatic rings. The smallest absolute Gasteiger partial charge is 0.403 e. The maximum atomic E-state index is 10.4. The van der Waals surface area contributed by atoms with Gasteiger partial charge in [0.05, 0.1) is 6.61 Å². The summed E-state index contributed by atoms with van der Waals surface area (Å²) in [4.78, 5) is 10.4. The van der Waals surface area contributed by atoms with Crippen LogP contribution in [0.2, 0.25) is 0 Å². The van der Waals surface area contributed by atoms with E-state index in [0.29, 0.717) is 6.61 Å². The van der Waals surface area contributed by atoms with Crippen LogP contribution in [0.5, 0.6) is 0 Å². The summed E-state index contributed by atoms with van der Waals surface area (Å²) in [6.45, 7) is 4.23. The van der Waals surface area contributed by atoms with Gasteiger partial charge in [0.25, 0.3) is 0 Å². The number of unbranched alkanes of at least 4 members (excludes halogenated alkanes) is 15. The van der Waals surface area contributed by atoms with E-state index in [1.165, 1.54) is 89.9 Å². The average Bonchev–Trinajstić information content (AvgIpc) is 2.53. The largest absolute Gasteiger partial charge is 0.454 e. The van der Waals surface area contributed by atoms with Gasteiger partial charge in [0.15, 0.2) is 0 Å². The van der Waals surface area contributed by atoms with Crippen LogP contribution in [0.3, 0.4) is 0 Å². The van der Waals surface area contributed by atoms with Gasteiger partial charge in [-0.2, -0.15) is 0 Å². The third kappa shape index (κ3) is 21.5. The van der Waals surface area contributed by atoms with Crippen LogP contribution >= 0.6 is 11.6 Å². The normalized spacial score (nSPS) is 10.7. The highest BCUT2D eigenvalue weighted by atomic mass is 35.5. The van der Waals surface area contributed by atoms with Gasteiger partial charge in [0, 0.05) is 11.6 Å². The Hall–Kier alpha value is -0.500. The minimum atomic E-state index is -0.683. The van der Waals surface area contributed by atoms with Gasteiger partial charge in [0.2, 0.25) is 0 Å². The van der Waals surface area contributed by atoms with Gasteiger partial charge in [-0.1, -0.05) is 89.5 Å². The molecule has 0 unspecified atom stereocenters. The fourth-order valence-corrected chi connectivity index (χ4v) is 2.92. The Morgan fingerprint density at radius 1 is 0.696 bits per heavy atom. The Labute approximate surface area is 149 Å². The van der Waals surface area contributed by atoms with E-state index in [0.717, 1.165) is 12.8 Å². The summed E-state index contributed by atoms with van der Waals surface area (Å²) in [5, 5.41) is 0. The molecule has 0 aromatic heterocycles. The average molecular weight is 345 g/mol. The zero-order valence-corrected chi connectivity index (χ0v) is 15.8. The first-order valence-corrected chi connectivity index (χ1v) is 10.1. The van der Waals surface area contributed by atoms with Gasteiger partial charge >= 0.3 is 5.43 Å². The Balaban J connectivity index is 2.97. The van der Waals surface area contributed by atoms with Gasteiger partial charge in [-0.15, -0.1) is 6.58 Å². The fraction of sp³-hybridized carbons (Fsp3) is 0.850. The van der Waals surface area contributed by atoms with Crippen molar-refractivity contribution in [3.05, 3.63) is 12.7 Å². The Morgan fingerprint density at radius 3 is 1.39 bits per heavy atom. The number of allylic oxidation sites excluding steroid dienone is 1. The minimum absolute atomic E-state index is 0.469. The van der Waals surface area contributed by atoms with E-state index in [4.69, 9.17) is 11.6 Å². The van der Waals surface area contributed by atoms with E-state index in [1.54, 1.807) is 0 Å². The molecule has 136 valence electrons. The predicted octanol–water partition coefficient (Wildman–Crippen LogP) is 7.79. The lowest BCUT2D eigenvalue weighted by atomic mass is 10.0. The second-order valence-corrected chi connectivity index (χ2v) is 6.78. The van der Waals surface area contributed by atoms with E-state index in [9.17, 15) is 4.79 Å². The fourth-order valence-electron chi connectivity index (χ4n) is 2.84. The first-order valence-electron chi connectivity index (χ1n) is 9.70. The molecule has 0 saturated carbocycles. The summed E-state index contributed by atoms with van der Waals surface area (Å²) in [5.74, 6) is 0. The number of carbonyl (C=O) groups excluding carboxylic acids is 1. The summed E-state index contributed by atoms with van der Waals surface area (Å²) in [5.41, 5.74) is -0.683. The Kier molecular flexibility index (Phi) is 19.1. The molecule has 0 fully saturated rings. The Bertz CT molecular complexity index is 266. The molecule has 0 aliphatic carbocycles. The van der Waals surface area contributed by atoms with E-state index in [1.807, 2.05) is 6.08 Å². The van der Waals surface area contributed by atoms with Crippen LogP contribution in [0.15, 0.2) is 12.7 Å². The van der Waals surface area contributed by atoms with Crippen molar-refractivity contribution in [2.75, 3.05) is 6.61 Å². The maximum Gasteiger partial charge on any atom is 0.403 e. The second-order valence-electron chi connectivity index (χ2n) is 6.47. The quantitative estimate of drug-likeness (QED) is 0.144. The third-order valence-corrected chi connectivity index (χ3v) is 4.38. The van der Waals surface area contributed by atoms with Crippen LogP contribution in [-0.4, -0.2) is 12.0 Å². The molecule has 2 nitrogen and oxygen atoms in total. The highest BCUT2D eigenvalue weighted by Crippen LogP contribution is 2.13. The molecule has 0 N–H and O–H groups in total. The van der Waals surface area contributed by atoms with Crippen LogP contribution in [0.4, 0.5) is 4.79 Å². The van der Waals surface area contributed by atoms with Crippen molar-refractivity contribution in [2.45, 2.75) is 103 Å². The molecule has 0 radical (unpaired) electrons. The molecule has 0 rings (SSSR count). The van der Waals surface area contributed by atoms with Crippen molar-refractivity contribution in [3.63, 3.8) is 0 Å². The van der Waals surface area contributed by atoms with Crippen LogP contribution in [0.25, 0.3) is 0 Å². The lowest BCUT2D eigenvalue weighted by Crippen LogP contribution is -1.96. The minimum Gasteiger partial charge on any atom is -0.454 e. The first kappa shape index (κ1) is 22.5. The lowest BCUT2D eigenvalue weighted by Gasteiger charge is -2.03. The van der Waals surface area contributed by atoms with Gasteiger partial charge in [-0.3, -0.25) is 0 Å². The van der Waals surface area contributed by atoms with E-state index < -0.39 is 5.43 Å². The molecule has 0 aliphatic rings. The van der Waals surface area contributed by atoms with Crippen molar-refractivity contribution in [1.82, 2.24) is 0 Å². The van der Waals surface area contributed by atoms with Crippen LogP contribution in [0, 0.1) is 0 Å². The number of rotatable bonds is 18. The summed E-state index contributed by atoms with van der Waals surface area (Å²) in [6.07, 6.45) is 23.1. The number of carbonyl (C=O) groups is 1. The highest BCUT2D eigenvalue weighted by Gasteiger charge is 1.96. The first-order chi connectivity index (χ1) is 11.3. The lowest BCUT2D eigenvalue weighted by molar-refractivity contribution is 0.170. The Morgan fingerprint density at radius 2 is 1.04 bits per heavy atom. The number of ether oxygens (including phenoxy) is 1.